The number of Topliss-reactive ketones (excluding diaryl/α,β-unsaturated/α-hetero) is 1. The lowest BCUT2D eigenvalue weighted by Gasteiger charge is -2.33. The molecule has 1 aliphatic rings. The van der Waals surface area contributed by atoms with E-state index >= 15 is 0 Å². The van der Waals surface area contributed by atoms with Crippen LogP contribution in [0, 0.1) is 0 Å². The van der Waals surface area contributed by atoms with E-state index in [1.807, 2.05) is 18.2 Å². The van der Waals surface area contributed by atoms with Gasteiger partial charge in [0.2, 0.25) is 5.79 Å². The lowest BCUT2D eigenvalue weighted by Crippen LogP contribution is -2.37. The Morgan fingerprint density at radius 1 is 1.00 bits per heavy atom. The molecule has 0 bridgehead atoms. The number of cyclic esters (lactones) is 1. The molecule has 26 heavy (non-hydrogen) atoms. The minimum Gasteiger partial charge on any atom is -0.497 e. The average molecular weight is 352 g/mol. The fourth-order valence-electron chi connectivity index (χ4n) is 2.79. The topological polar surface area (TPSA) is 61.8 Å². The Morgan fingerprint density at radius 2 is 1.65 bits per heavy atom. The van der Waals surface area contributed by atoms with Crippen LogP contribution in [0.4, 0.5) is 0 Å². The molecule has 0 amide bonds. The molecule has 0 saturated heterocycles. The number of esters is 1. The lowest BCUT2D eigenvalue weighted by molar-refractivity contribution is -0.202. The molecule has 0 radical (unpaired) electrons. The summed E-state index contributed by atoms with van der Waals surface area (Å²) in [6.07, 6.45) is -0.0327. The van der Waals surface area contributed by atoms with E-state index < -0.39 is 11.8 Å². The summed E-state index contributed by atoms with van der Waals surface area (Å²) < 4.78 is 16.3. The van der Waals surface area contributed by atoms with E-state index in [9.17, 15) is 9.59 Å². The highest BCUT2D eigenvalue weighted by atomic mass is 16.7. The van der Waals surface area contributed by atoms with Crippen molar-refractivity contribution in [2.24, 2.45) is 0 Å². The van der Waals surface area contributed by atoms with Crippen LogP contribution >= 0.6 is 0 Å². The van der Waals surface area contributed by atoms with Gasteiger partial charge in [-0.2, -0.15) is 0 Å². The highest BCUT2D eigenvalue weighted by Crippen LogP contribution is 2.34. The monoisotopic (exact) mass is 352 g/mol. The van der Waals surface area contributed by atoms with Gasteiger partial charge in [0, 0.05) is 19.4 Å². The first kappa shape index (κ1) is 17.7. The molecule has 1 aliphatic heterocycles. The van der Waals surface area contributed by atoms with Crippen LogP contribution in [-0.4, -0.2) is 24.6 Å². The fourth-order valence-corrected chi connectivity index (χ4v) is 2.79. The van der Waals surface area contributed by atoms with Crippen molar-refractivity contribution in [3.8, 4) is 5.75 Å². The zero-order valence-corrected chi connectivity index (χ0v) is 14.9. The van der Waals surface area contributed by atoms with E-state index in [0.29, 0.717) is 22.6 Å². The number of ketones is 1. The molecule has 0 atom stereocenters. The van der Waals surface area contributed by atoms with Gasteiger partial charge in [-0.25, -0.2) is 4.79 Å². The number of rotatable bonds is 5. The number of allylic oxidation sites excluding steroid dienone is 1. The molecule has 134 valence electrons. The summed E-state index contributed by atoms with van der Waals surface area (Å²) in [5.74, 6) is -0.778. The summed E-state index contributed by atoms with van der Waals surface area (Å²) in [5.41, 5.74) is 1.46. The molecule has 0 aromatic heterocycles. The molecule has 0 spiro atoms. The quantitative estimate of drug-likeness (QED) is 0.601. The molecule has 2 aromatic carbocycles. The van der Waals surface area contributed by atoms with Crippen molar-refractivity contribution in [3.05, 3.63) is 71.5 Å². The van der Waals surface area contributed by atoms with E-state index in [-0.39, 0.29) is 17.8 Å². The van der Waals surface area contributed by atoms with Gasteiger partial charge >= 0.3 is 5.97 Å². The largest absolute Gasteiger partial charge is 0.497 e. The summed E-state index contributed by atoms with van der Waals surface area (Å²) in [6, 6.07) is 15.9. The van der Waals surface area contributed by atoms with E-state index in [1.165, 1.54) is 0 Å². The maximum atomic E-state index is 12.7. The Morgan fingerprint density at radius 3 is 2.27 bits per heavy atom. The number of carbonyl (C=O) groups is 2. The van der Waals surface area contributed by atoms with E-state index in [2.05, 4.69) is 0 Å². The molecule has 5 heteroatoms. The van der Waals surface area contributed by atoms with Crippen LogP contribution in [0.15, 0.2) is 60.4 Å². The highest BCUT2D eigenvalue weighted by molar-refractivity contribution is 6.18. The van der Waals surface area contributed by atoms with Gasteiger partial charge in [-0.1, -0.05) is 30.3 Å². The molecule has 0 unspecified atom stereocenters. The second-order valence-corrected chi connectivity index (χ2v) is 6.38. The van der Waals surface area contributed by atoms with Crippen LogP contribution in [0.5, 0.6) is 5.75 Å². The van der Waals surface area contributed by atoms with Gasteiger partial charge in [0.15, 0.2) is 5.78 Å². The van der Waals surface area contributed by atoms with Gasteiger partial charge in [-0.3, -0.25) is 4.79 Å². The van der Waals surface area contributed by atoms with Crippen molar-refractivity contribution >= 4 is 17.3 Å². The second kappa shape index (κ2) is 7.04. The standard InChI is InChI=1S/C21H20O5/c1-21(2)25-18(13-17(22)14-9-11-16(24-3)12-10-14)19(20(23)26-21)15-7-5-4-6-8-15/h4-12H,13H2,1-3H3. The van der Waals surface area contributed by atoms with Gasteiger partial charge in [0.05, 0.1) is 13.5 Å². The maximum Gasteiger partial charge on any atom is 0.345 e. The number of hydrogen-bond donors (Lipinski definition) is 0. The van der Waals surface area contributed by atoms with Crippen molar-refractivity contribution in [2.75, 3.05) is 7.11 Å². The number of benzene rings is 2. The summed E-state index contributed by atoms with van der Waals surface area (Å²) in [5, 5.41) is 0. The smallest absolute Gasteiger partial charge is 0.345 e. The summed E-state index contributed by atoms with van der Waals surface area (Å²) in [6.45, 7) is 3.29. The maximum absolute atomic E-state index is 12.7. The van der Waals surface area contributed by atoms with Gasteiger partial charge in [0.25, 0.3) is 0 Å². The SMILES string of the molecule is COc1ccc(C(=O)CC2=C(c3ccccc3)C(=O)OC(C)(C)O2)cc1. The first-order valence-electron chi connectivity index (χ1n) is 8.28. The zero-order valence-electron chi connectivity index (χ0n) is 14.9. The van der Waals surface area contributed by atoms with Crippen LogP contribution in [0.25, 0.3) is 5.57 Å². The number of methoxy groups -OCH3 is 1. The Balaban J connectivity index is 1.96. The van der Waals surface area contributed by atoms with Crippen LogP contribution in [0.2, 0.25) is 0 Å². The predicted octanol–water partition coefficient (Wildman–Crippen LogP) is 3.99. The first-order chi connectivity index (χ1) is 12.4. The Labute approximate surface area is 152 Å². The molecule has 0 fully saturated rings. The molecular formula is C21H20O5. The number of hydrogen-bond acceptors (Lipinski definition) is 5. The van der Waals surface area contributed by atoms with Gasteiger partial charge in [-0.15, -0.1) is 0 Å². The van der Waals surface area contributed by atoms with E-state index in [1.54, 1.807) is 57.4 Å². The molecule has 3 rings (SSSR count). The summed E-state index contributed by atoms with van der Waals surface area (Å²) >= 11 is 0. The molecule has 0 saturated carbocycles. The highest BCUT2D eigenvalue weighted by Gasteiger charge is 2.37. The van der Waals surface area contributed by atoms with Crippen molar-refractivity contribution in [1.29, 1.82) is 0 Å². The van der Waals surface area contributed by atoms with Crippen molar-refractivity contribution in [2.45, 2.75) is 26.1 Å². The normalized spacial score (nSPS) is 15.9. The zero-order chi connectivity index (χ0) is 18.7. The molecule has 1 heterocycles. The molecular weight excluding hydrogens is 332 g/mol. The Kier molecular flexibility index (Phi) is 4.80. The third-order valence-electron chi connectivity index (χ3n) is 3.99. The number of carbonyl (C=O) groups excluding carboxylic acids is 2. The van der Waals surface area contributed by atoms with Crippen LogP contribution < -0.4 is 4.74 Å². The molecule has 5 nitrogen and oxygen atoms in total. The van der Waals surface area contributed by atoms with Gasteiger partial charge in [-0.05, 0) is 29.8 Å². The van der Waals surface area contributed by atoms with Crippen molar-refractivity contribution in [3.63, 3.8) is 0 Å². The van der Waals surface area contributed by atoms with Crippen molar-refractivity contribution in [1.82, 2.24) is 0 Å². The van der Waals surface area contributed by atoms with Crippen LogP contribution in [-0.2, 0) is 14.3 Å². The third-order valence-corrected chi connectivity index (χ3v) is 3.99. The van der Waals surface area contributed by atoms with E-state index in [4.69, 9.17) is 14.2 Å². The molecule has 0 aliphatic carbocycles. The Bertz CT molecular complexity index is 848. The summed E-state index contributed by atoms with van der Waals surface area (Å²) in [7, 11) is 1.57. The molecule has 2 aromatic rings. The number of ether oxygens (including phenoxy) is 3. The van der Waals surface area contributed by atoms with Gasteiger partial charge < -0.3 is 14.2 Å². The predicted molar refractivity (Wildman–Crippen MR) is 96.6 cm³/mol. The first-order valence-corrected chi connectivity index (χ1v) is 8.28. The van der Waals surface area contributed by atoms with Crippen molar-refractivity contribution < 1.29 is 23.8 Å². The second-order valence-electron chi connectivity index (χ2n) is 6.38. The summed E-state index contributed by atoms with van der Waals surface area (Å²) in [4.78, 5) is 25.2. The van der Waals surface area contributed by atoms with Crippen LogP contribution in [0.3, 0.4) is 0 Å². The lowest BCUT2D eigenvalue weighted by atomic mass is 9.99. The third kappa shape index (κ3) is 3.77. The minimum absolute atomic E-state index is 0.0327. The fraction of sp³-hybridized carbons (Fsp3) is 0.238. The van der Waals surface area contributed by atoms with Gasteiger partial charge in [0.1, 0.15) is 17.1 Å². The Hall–Kier alpha value is -3.08. The minimum atomic E-state index is -1.12. The van der Waals surface area contributed by atoms with E-state index in [0.717, 1.165) is 0 Å². The average Bonchev–Trinajstić information content (AvgIpc) is 2.61. The van der Waals surface area contributed by atoms with Crippen LogP contribution in [0.1, 0.15) is 36.2 Å². The molecule has 0 N–H and O–H groups in total.